The molecule has 0 saturated carbocycles. The fraction of sp³-hybridized carbons (Fsp3) is 0.0400. The van der Waals surface area contributed by atoms with Crippen molar-refractivity contribution >= 4 is 45.8 Å². The van der Waals surface area contributed by atoms with Gasteiger partial charge in [0.2, 0.25) is 0 Å². The Kier molecular flexibility index (Phi) is 5.71. The van der Waals surface area contributed by atoms with Crippen molar-refractivity contribution in [2.24, 2.45) is 0 Å². The molecule has 0 aliphatic carbocycles. The van der Waals surface area contributed by atoms with Crippen LogP contribution in [0.5, 0.6) is 0 Å². The predicted molar refractivity (Wildman–Crippen MR) is 128 cm³/mol. The fourth-order valence-electron chi connectivity index (χ4n) is 3.65. The first-order chi connectivity index (χ1) is 13.3. The number of hydrogen-bond acceptors (Lipinski definition) is 0. The lowest BCUT2D eigenvalue weighted by molar-refractivity contribution is 1.36. The van der Waals surface area contributed by atoms with Gasteiger partial charge in [0, 0.05) is 9.13 Å². The van der Waals surface area contributed by atoms with E-state index in [1.54, 1.807) is 0 Å². The Morgan fingerprint density at radius 2 is 0.852 bits per heavy atom. The van der Waals surface area contributed by atoms with Crippen LogP contribution in [0.3, 0.4) is 0 Å². The molecule has 0 unspecified atom stereocenters. The average Bonchev–Trinajstić information content (AvgIpc) is 2.75. The third kappa shape index (κ3) is 3.72. The first-order valence-electron chi connectivity index (χ1n) is 9.09. The Labute approximate surface area is 175 Å². The Balaban J connectivity index is 2.02. The highest BCUT2D eigenvalue weighted by Gasteiger charge is 2.45. The van der Waals surface area contributed by atoms with E-state index in [4.69, 9.17) is 0 Å². The minimum Gasteiger partial charge on any atom is -0.0620 e. The molecule has 0 spiro atoms. The van der Waals surface area contributed by atoms with Gasteiger partial charge in [0.1, 0.15) is 23.2 Å². The van der Waals surface area contributed by atoms with E-state index in [1.165, 1.54) is 25.0 Å². The Hall–Kier alpha value is -1.96. The van der Waals surface area contributed by atoms with Gasteiger partial charge in [-0.15, -0.1) is 0 Å². The van der Waals surface area contributed by atoms with Gasteiger partial charge in [0.15, 0.2) is 0 Å². The van der Waals surface area contributed by atoms with Crippen molar-refractivity contribution in [2.75, 3.05) is 0 Å². The van der Waals surface area contributed by atoms with Gasteiger partial charge in [-0.25, -0.2) is 0 Å². The zero-order chi connectivity index (χ0) is 18.5. The monoisotopic (exact) mass is 479 g/mol. The zero-order valence-electron chi connectivity index (χ0n) is 15.0. The molecule has 2 heteroatoms. The summed E-state index contributed by atoms with van der Waals surface area (Å²) in [5.74, 6) is 0. The maximum atomic E-state index is 2.48. The smallest absolute Gasteiger partial charge is 0.0620 e. The van der Waals surface area contributed by atoms with Crippen LogP contribution in [0, 0.1) is 3.57 Å². The van der Waals surface area contributed by atoms with Crippen LogP contribution in [-0.4, -0.2) is 0 Å². The molecule has 4 rings (SSSR count). The third-order valence-corrected chi connectivity index (χ3v) is 10.4. The standard InChI is InChI=1S/C25H21IP/c26-25-19-11-10-12-21(25)20-27(22-13-4-1-5-14-22,23-15-6-2-7-16-23)24-17-8-3-9-18-24/h1-19H,20H2/q+1. The molecule has 0 N–H and O–H groups in total. The molecule has 4 aromatic carbocycles. The van der Waals surface area contributed by atoms with Crippen molar-refractivity contribution in [3.8, 4) is 0 Å². The predicted octanol–water partition coefficient (Wildman–Crippen LogP) is 5.79. The summed E-state index contributed by atoms with van der Waals surface area (Å²) in [6, 6.07) is 42.0. The maximum Gasteiger partial charge on any atom is 0.116 e. The van der Waals surface area contributed by atoms with Crippen molar-refractivity contribution in [3.05, 3.63) is 124 Å². The lowest BCUT2D eigenvalue weighted by atomic mass is 10.2. The van der Waals surface area contributed by atoms with Gasteiger partial charge in [0.05, 0.1) is 6.16 Å². The fourth-order valence-corrected chi connectivity index (χ4v) is 8.80. The second-order valence-electron chi connectivity index (χ2n) is 6.57. The van der Waals surface area contributed by atoms with Crippen LogP contribution in [0.25, 0.3) is 0 Å². The molecule has 0 heterocycles. The highest BCUT2D eigenvalue weighted by atomic mass is 127. The first-order valence-corrected chi connectivity index (χ1v) is 12.1. The van der Waals surface area contributed by atoms with E-state index in [-0.39, 0.29) is 0 Å². The molecule has 4 aromatic rings. The summed E-state index contributed by atoms with van der Waals surface area (Å²) in [4.78, 5) is 0. The third-order valence-electron chi connectivity index (χ3n) is 4.96. The molecule has 0 saturated heterocycles. The number of halogens is 1. The van der Waals surface area contributed by atoms with Gasteiger partial charge < -0.3 is 0 Å². The molecule has 0 radical (unpaired) electrons. The molecule has 0 aromatic heterocycles. The second kappa shape index (κ2) is 8.37. The molecule has 0 aliphatic rings. The van der Waals surface area contributed by atoms with E-state index < -0.39 is 7.26 Å². The molecule has 0 bridgehead atoms. The lowest BCUT2D eigenvalue weighted by Gasteiger charge is -2.28. The van der Waals surface area contributed by atoms with Gasteiger partial charge in [-0.05, 0) is 65.1 Å². The summed E-state index contributed by atoms with van der Waals surface area (Å²) >= 11 is 2.48. The van der Waals surface area contributed by atoms with Crippen molar-refractivity contribution in [3.63, 3.8) is 0 Å². The first kappa shape index (κ1) is 18.4. The van der Waals surface area contributed by atoms with Crippen LogP contribution in [0.4, 0.5) is 0 Å². The summed E-state index contributed by atoms with van der Waals surface area (Å²) in [6.45, 7) is 0. The Bertz CT molecular complexity index is 901. The molecule has 0 atom stereocenters. The summed E-state index contributed by atoms with van der Waals surface area (Å²) in [7, 11) is -1.81. The van der Waals surface area contributed by atoms with E-state index in [2.05, 4.69) is 138 Å². The van der Waals surface area contributed by atoms with Crippen LogP contribution in [0.2, 0.25) is 0 Å². The molecule has 27 heavy (non-hydrogen) atoms. The summed E-state index contributed by atoms with van der Waals surface area (Å²) < 4.78 is 1.34. The van der Waals surface area contributed by atoms with Crippen molar-refractivity contribution in [1.29, 1.82) is 0 Å². The minimum absolute atomic E-state index is 1.03. The van der Waals surface area contributed by atoms with Crippen LogP contribution < -0.4 is 15.9 Å². The number of hydrogen-bond donors (Lipinski definition) is 0. The summed E-state index contributed by atoms with van der Waals surface area (Å²) in [5.41, 5.74) is 1.42. The van der Waals surface area contributed by atoms with Crippen LogP contribution in [0.1, 0.15) is 5.56 Å². The van der Waals surface area contributed by atoms with Gasteiger partial charge in [-0.3, -0.25) is 0 Å². The van der Waals surface area contributed by atoms with Crippen LogP contribution >= 0.6 is 29.9 Å². The van der Waals surface area contributed by atoms with Crippen LogP contribution in [0.15, 0.2) is 115 Å². The van der Waals surface area contributed by atoms with E-state index in [1.807, 2.05) is 0 Å². The second-order valence-corrected chi connectivity index (χ2v) is 11.2. The van der Waals surface area contributed by atoms with Crippen LogP contribution in [-0.2, 0) is 6.16 Å². The van der Waals surface area contributed by atoms with E-state index >= 15 is 0 Å². The number of benzene rings is 4. The lowest BCUT2D eigenvalue weighted by Crippen LogP contribution is -2.32. The normalized spacial score (nSPS) is 11.3. The highest BCUT2D eigenvalue weighted by Crippen LogP contribution is 2.58. The average molecular weight is 479 g/mol. The molecule has 0 aliphatic heterocycles. The quantitative estimate of drug-likeness (QED) is 0.251. The summed E-state index contributed by atoms with van der Waals surface area (Å²) in [5, 5.41) is 4.30. The van der Waals surface area contributed by atoms with Crippen molar-refractivity contribution < 1.29 is 0 Å². The Morgan fingerprint density at radius 1 is 0.481 bits per heavy atom. The van der Waals surface area contributed by atoms with Crippen molar-refractivity contribution in [1.82, 2.24) is 0 Å². The topological polar surface area (TPSA) is 0 Å². The van der Waals surface area contributed by atoms with Gasteiger partial charge in [-0.1, -0.05) is 72.8 Å². The molecule has 132 valence electrons. The maximum absolute atomic E-state index is 2.48. The molecular weight excluding hydrogens is 458 g/mol. The molecule has 0 amide bonds. The highest BCUT2D eigenvalue weighted by molar-refractivity contribution is 14.1. The molecule has 0 fully saturated rings. The zero-order valence-corrected chi connectivity index (χ0v) is 18.1. The largest absolute Gasteiger partial charge is 0.116 e. The van der Waals surface area contributed by atoms with Gasteiger partial charge in [-0.2, -0.15) is 0 Å². The SMILES string of the molecule is Ic1ccccc1C[P+](c1ccccc1)(c1ccccc1)c1ccccc1. The van der Waals surface area contributed by atoms with E-state index in [9.17, 15) is 0 Å². The van der Waals surface area contributed by atoms with Gasteiger partial charge in [0.25, 0.3) is 0 Å². The van der Waals surface area contributed by atoms with E-state index in [0.717, 1.165) is 6.16 Å². The van der Waals surface area contributed by atoms with Crippen molar-refractivity contribution in [2.45, 2.75) is 6.16 Å². The van der Waals surface area contributed by atoms with E-state index in [0.29, 0.717) is 0 Å². The number of rotatable bonds is 5. The Morgan fingerprint density at radius 3 is 1.26 bits per heavy atom. The molecule has 0 nitrogen and oxygen atoms in total. The molecular formula is C25H21IP+. The van der Waals surface area contributed by atoms with Gasteiger partial charge >= 0.3 is 0 Å². The summed E-state index contributed by atoms with van der Waals surface area (Å²) in [6.07, 6.45) is 1.03. The minimum atomic E-state index is -1.81.